The monoisotopic (exact) mass is 330 g/mol. The number of hydrogen-bond donors (Lipinski definition) is 2. The van der Waals surface area contributed by atoms with E-state index in [1.165, 1.54) is 25.7 Å². The maximum atomic E-state index is 12.0. The molecule has 2 bridgehead atoms. The van der Waals surface area contributed by atoms with Crippen molar-refractivity contribution in [2.45, 2.75) is 46.0 Å². The van der Waals surface area contributed by atoms with Crippen molar-refractivity contribution < 1.29 is 14.3 Å². The second-order valence-electron chi connectivity index (χ2n) is 7.25. The highest BCUT2D eigenvalue weighted by atomic mass is 16.5. The Morgan fingerprint density at radius 1 is 1.08 bits per heavy atom. The molecule has 0 saturated heterocycles. The first-order chi connectivity index (χ1) is 11.5. The van der Waals surface area contributed by atoms with Gasteiger partial charge in [0.15, 0.2) is 6.61 Å². The highest BCUT2D eigenvalue weighted by Crippen LogP contribution is 2.49. The summed E-state index contributed by atoms with van der Waals surface area (Å²) in [5.41, 5.74) is 6.94. The van der Waals surface area contributed by atoms with Crippen LogP contribution in [0.4, 0.5) is 0 Å². The largest absolute Gasteiger partial charge is 0.483 e. The molecule has 2 fully saturated rings. The van der Waals surface area contributed by atoms with Gasteiger partial charge in [0, 0.05) is 6.42 Å². The molecule has 2 aliphatic carbocycles. The summed E-state index contributed by atoms with van der Waals surface area (Å²) in [4.78, 5) is 23.9. The number of benzene rings is 1. The molecule has 0 aliphatic heterocycles. The molecule has 0 unspecified atom stereocenters. The topological polar surface area (TPSA) is 67.4 Å². The normalized spacial score (nSPS) is 24.7. The summed E-state index contributed by atoms with van der Waals surface area (Å²) in [5, 5.41) is 0. The van der Waals surface area contributed by atoms with Crippen molar-refractivity contribution in [2.75, 3.05) is 6.61 Å². The summed E-state index contributed by atoms with van der Waals surface area (Å²) >= 11 is 0. The van der Waals surface area contributed by atoms with Gasteiger partial charge in [0.1, 0.15) is 5.75 Å². The third-order valence-electron chi connectivity index (χ3n) is 5.43. The van der Waals surface area contributed by atoms with Crippen molar-refractivity contribution in [3.8, 4) is 5.75 Å². The number of carbonyl (C=O) groups excluding carboxylic acids is 2. The number of carbonyl (C=O) groups is 2. The highest BCUT2D eigenvalue weighted by Gasteiger charge is 2.40. The summed E-state index contributed by atoms with van der Waals surface area (Å²) in [6.45, 7) is 3.77. The average molecular weight is 330 g/mol. The SMILES string of the molecule is Cc1cccc(C)c1OCC(=O)NNC(=O)C[C@H]1C[C@H]2CC[C@@H]1C2. The molecule has 2 N–H and O–H groups in total. The summed E-state index contributed by atoms with van der Waals surface area (Å²) in [6, 6.07) is 5.84. The van der Waals surface area contributed by atoms with E-state index in [1.807, 2.05) is 32.0 Å². The molecule has 130 valence electrons. The molecule has 0 spiro atoms. The number of rotatable bonds is 5. The summed E-state index contributed by atoms with van der Waals surface area (Å²) < 4.78 is 5.57. The Hall–Kier alpha value is -2.04. The molecule has 3 rings (SSSR count). The number of aryl methyl sites for hydroxylation is 2. The van der Waals surface area contributed by atoms with Gasteiger partial charge in [-0.2, -0.15) is 0 Å². The van der Waals surface area contributed by atoms with Gasteiger partial charge in [-0.05, 0) is 62.0 Å². The van der Waals surface area contributed by atoms with Gasteiger partial charge in [-0.3, -0.25) is 20.4 Å². The Labute approximate surface area is 143 Å². The minimum Gasteiger partial charge on any atom is -0.483 e. The minimum atomic E-state index is -0.348. The zero-order valence-electron chi connectivity index (χ0n) is 14.4. The first kappa shape index (κ1) is 16.8. The summed E-state index contributed by atoms with van der Waals surface area (Å²) in [5.74, 6) is 2.30. The first-order valence-electron chi connectivity index (χ1n) is 8.79. The number of para-hydroxylation sites is 1. The molecule has 2 saturated carbocycles. The fourth-order valence-corrected chi connectivity index (χ4v) is 4.26. The molecule has 0 heterocycles. The second-order valence-corrected chi connectivity index (χ2v) is 7.25. The predicted octanol–water partition coefficient (Wildman–Crippen LogP) is 2.66. The van der Waals surface area contributed by atoms with Gasteiger partial charge in [-0.1, -0.05) is 24.6 Å². The molecule has 3 atom stereocenters. The lowest BCUT2D eigenvalue weighted by molar-refractivity contribution is -0.130. The molecule has 5 nitrogen and oxygen atoms in total. The fraction of sp³-hybridized carbons (Fsp3) is 0.579. The quantitative estimate of drug-likeness (QED) is 0.816. The van der Waals surface area contributed by atoms with E-state index in [1.54, 1.807) is 0 Å². The fourth-order valence-electron chi connectivity index (χ4n) is 4.26. The van der Waals surface area contributed by atoms with Gasteiger partial charge in [0.2, 0.25) is 5.91 Å². The Bertz CT molecular complexity index is 609. The summed E-state index contributed by atoms with van der Waals surface area (Å²) in [6.07, 6.45) is 5.56. The molecule has 2 amide bonds. The molecular formula is C19H26N2O3. The molecule has 5 heteroatoms. The zero-order chi connectivity index (χ0) is 17.1. The van der Waals surface area contributed by atoms with Crippen LogP contribution < -0.4 is 15.6 Å². The van der Waals surface area contributed by atoms with Crippen LogP contribution in [-0.2, 0) is 9.59 Å². The van der Waals surface area contributed by atoms with Crippen molar-refractivity contribution in [2.24, 2.45) is 17.8 Å². The van der Waals surface area contributed by atoms with Gasteiger partial charge in [-0.15, -0.1) is 0 Å². The van der Waals surface area contributed by atoms with Crippen LogP contribution in [0, 0.1) is 31.6 Å². The van der Waals surface area contributed by atoms with Crippen molar-refractivity contribution in [1.29, 1.82) is 0 Å². The van der Waals surface area contributed by atoms with Gasteiger partial charge < -0.3 is 4.74 Å². The van der Waals surface area contributed by atoms with E-state index in [2.05, 4.69) is 10.9 Å². The van der Waals surface area contributed by atoms with Gasteiger partial charge in [0.25, 0.3) is 5.91 Å². The standard InChI is InChI=1S/C19H26N2O3/c1-12-4-3-5-13(2)19(12)24-11-18(23)21-20-17(22)10-16-9-14-6-7-15(16)8-14/h3-5,14-16H,6-11H2,1-2H3,(H,20,22)(H,21,23)/t14-,15+,16+/m0/s1. The van der Waals surface area contributed by atoms with Crippen LogP contribution in [0.25, 0.3) is 0 Å². The van der Waals surface area contributed by atoms with Crippen LogP contribution in [0.5, 0.6) is 5.75 Å². The number of hydrogen-bond acceptors (Lipinski definition) is 3. The molecule has 0 aromatic heterocycles. The van der Waals surface area contributed by atoms with E-state index in [0.717, 1.165) is 22.8 Å². The second kappa shape index (κ2) is 7.24. The van der Waals surface area contributed by atoms with Crippen molar-refractivity contribution in [3.63, 3.8) is 0 Å². The smallest absolute Gasteiger partial charge is 0.276 e. The number of nitrogens with one attached hydrogen (secondary N) is 2. The number of hydrazine groups is 1. The zero-order valence-corrected chi connectivity index (χ0v) is 14.4. The molecule has 1 aromatic carbocycles. The Morgan fingerprint density at radius 2 is 1.79 bits per heavy atom. The van der Waals surface area contributed by atoms with Crippen molar-refractivity contribution >= 4 is 11.8 Å². The van der Waals surface area contributed by atoms with Gasteiger partial charge >= 0.3 is 0 Å². The lowest BCUT2D eigenvalue weighted by Crippen LogP contribution is -2.44. The van der Waals surface area contributed by atoms with Crippen LogP contribution in [0.3, 0.4) is 0 Å². The number of fused-ring (bicyclic) bond motifs is 2. The van der Waals surface area contributed by atoms with Crippen molar-refractivity contribution in [3.05, 3.63) is 29.3 Å². The third kappa shape index (κ3) is 3.89. The maximum absolute atomic E-state index is 12.0. The van der Waals surface area contributed by atoms with E-state index in [9.17, 15) is 9.59 Å². The van der Waals surface area contributed by atoms with E-state index in [-0.39, 0.29) is 18.4 Å². The van der Waals surface area contributed by atoms with Crippen molar-refractivity contribution in [1.82, 2.24) is 10.9 Å². The lowest BCUT2D eigenvalue weighted by atomic mass is 9.86. The summed E-state index contributed by atoms with van der Waals surface area (Å²) in [7, 11) is 0. The van der Waals surface area contributed by atoms with Crippen LogP contribution in [0.1, 0.15) is 43.2 Å². The van der Waals surface area contributed by atoms with Crippen LogP contribution in [0.2, 0.25) is 0 Å². The van der Waals surface area contributed by atoms with Gasteiger partial charge in [0.05, 0.1) is 0 Å². The first-order valence-corrected chi connectivity index (χ1v) is 8.79. The highest BCUT2D eigenvalue weighted by molar-refractivity contribution is 5.82. The van der Waals surface area contributed by atoms with E-state index < -0.39 is 0 Å². The Balaban J connectivity index is 1.38. The number of amides is 2. The third-order valence-corrected chi connectivity index (χ3v) is 5.43. The lowest BCUT2D eigenvalue weighted by Gasteiger charge is -2.21. The maximum Gasteiger partial charge on any atom is 0.276 e. The van der Waals surface area contributed by atoms with Gasteiger partial charge in [-0.25, -0.2) is 0 Å². The molecule has 1 aromatic rings. The van der Waals surface area contributed by atoms with Crippen LogP contribution in [0.15, 0.2) is 18.2 Å². The Morgan fingerprint density at radius 3 is 2.42 bits per heavy atom. The predicted molar refractivity (Wildman–Crippen MR) is 91.3 cm³/mol. The van der Waals surface area contributed by atoms with E-state index >= 15 is 0 Å². The molecule has 0 radical (unpaired) electrons. The van der Waals surface area contributed by atoms with Crippen LogP contribution in [-0.4, -0.2) is 18.4 Å². The Kier molecular flexibility index (Phi) is 5.07. The molecular weight excluding hydrogens is 304 g/mol. The number of ether oxygens (including phenoxy) is 1. The van der Waals surface area contributed by atoms with E-state index in [0.29, 0.717) is 18.3 Å². The molecule has 24 heavy (non-hydrogen) atoms. The minimum absolute atomic E-state index is 0.104. The van der Waals surface area contributed by atoms with Crippen LogP contribution >= 0.6 is 0 Å². The average Bonchev–Trinajstić information content (AvgIpc) is 3.15. The molecule has 2 aliphatic rings. The van der Waals surface area contributed by atoms with E-state index in [4.69, 9.17) is 4.74 Å².